The number of amides is 1. The Kier molecular flexibility index (Phi) is 2.29. The van der Waals surface area contributed by atoms with Gasteiger partial charge >= 0.3 is 0 Å². The number of aromatic nitrogens is 1. The van der Waals surface area contributed by atoms with E-state index in [1.54, 1.807) is 6.07 Å². The second kappa shape index (κ2) is 3.46. The molecule has 1 aromatic rings. The van der Waals surface area contributed by atoms with E-state index < -0.39 is 5.91 Å². The molecule has 2 N–H and O–H groups in total. The summed E-state index contributed by atoms with van der Waals surface area (Å²) in [6.45, 7) is 0. The average Bonchev–Trinajstić information content (AvgIpc) is 2.87. The van der Waals surface area contributed by atoms with Crippen LogP contribution < -0.4 is 10.5 Å². The minimum atomic E-state index is -0.632. The molecular formula is C9H9ClN2O2. The fourth-order valence-corrected chi connectivity index (χ4v) is 1.29. The third-order valence-corrected chi connectivity index (χ3v) is 2.16. The number of primary amides is 1. The monoisotopic (exact) mass is 212 g/mol. The minimum Gasteiger partial charge on any atom is -0.489 e. The maximum absolute atomic E-state index is 10.8. The molecule has 0 aromatic carbocycles. The van der Waals surface area contributed by atoms with Crippen LogP contribution in [0.25, 0.3) is 0 Å². The molecule has 0 aliphatic heterocycles. The summed E-state index contributed by atoms with van der Waals surface area (Å²) in [5, 5.41) is 0.232. The molecule has 4 nitrogen and oxygen atoms in total. The first-order chi connectivity index (χ1) is 6.66. The van der Waals surface area contributed by atoms with Crippen LogP contribution in [0.15, 0.2) is 12.3 Å². The van der Waals surface area contributed by atoms with Crippen LogP contribution in [-0.2, 0) is 0 Å². The minimum absolute atomic E-state index is 0.0785. The fraction of sp³-hybridized carbons (Fsp3) is 0.333. The van der Waals surface area contributed by atoms with Crippen LogP contribution in [-0.4, -0.2) is 17.0 Å². The highest BCUT2D eigenvalue weighted by molar-refractivity contribution is 6.33. The van der Waals surface area contributed by atoms with Crippen molar-refractivity contribution in [2.75, 3.05) is 0 Å². The zero-order valence-corrected chi connectivity index (χ0v) is 8.12. The normalized spacial score (nSPS) is 15.2. The van der Waals surface area contributed by atoms with Gasteiger partial charge in [-0.1, -0.05) is 11.6 Å². The Morgan fingerprint density at radius 2 is 2.36 bits per heavy atom. The number of rotatable bonds is 3. The molecule has 0 spiro atoms. The van der Waals surface area contributed by atoms with Crippen molar-refractivity contribution in [1.29, 1.82) is 0 Å². The van der Waals surface area contributed by atoms with Gasteiger partial charge in [-0.15, -0.1) is 0 Å². The van der Waals surface area contributed by atoms with Crippen molar-refractivity contribution in [2.24, 2.45) is 5.73 Å². The molecule has 1 aromatic heterocycles. The van der Waals surface area contributed by atoms with Gasteiger partial charge in [0.25, 0.3) is 5.91 Å². The number of hydrogen-bond donors (Lipinski definition) is 1. The summed E-state index contributed by atoms with van der Waals surface area (Å²) in [7, 11) is 0. The van der Waals surface area contributed by atoms with Crippen LogP contribution >= 0.6 is 11.6 Å². The van der Waals surface area contributed by atoms with Crippen LogP contribution in [0.2, 0.25) is 5.02 Å². The lowest BCUT2D eigenvalue weighted by molar-refractivity contribution is 0.0995. The van der Waals surface area contributed by atoms with Crippen molar-refractivity contribution >= 4 is 17.5 Å². The standard InChI is InChI=1S/C9H9ClN2O2/c10-7-3-6(14-5-1-2-5)4-12-8(7)9(11)13/h3-5H,1-2H2,(H2,11,13). The number of ether oxygens (including phenoxy) is 1. The van der Waals surface area contributed by atoms with Crippen LogP contribution in [0.5, 0.6) is 5.75 Å². The second-order valence-corrected chi connectivity index (χ2v) is 3.59. The summed E-state index contributed by atoms with van der Waals surface area (Å²) in [5.74, 6) is -0.0459. The number of pyridine rings is 1. The van der Waals surface area contributed by atoms with E-state index in [1.165, 1.54) is 6.20 Å². The van der Waals surface area contributed by atoms with Crippen LogP contribution in [0.4, 0.5) is 0 Å². The van der Waals surface area contributed by atoms with E-state index in [1.807, 2.05) is 0 Å². The predicted molar refractivity (Wildman–Crippen MR) is 51.4 cm³/mol. The largest absolute Gasteiger partial charge is 0.489 e. The number of carbonyl (C=O) groups is 1. The van der Waals surface area contributed by atoms with Gasteiger partial charge in [-0.05, 0) is 12.8 Å². The molecule has 2 rings (SSSR count). The zero-order valence-electron chi connectivity index (χ0n) is 7.37. The molecular weight excluding hydrogens is 204 g/mol. The van der Waals surface area contributed by atoms with E-state index in [-0.39, 0.29) is 16.8 Å². The van der Waals surface area contributed by atoms with Gasteiger partial charge < -0.3 is 10.5 Å². The van der Waals surface area contributed by atoms with Gasteiger partial charge in [-0.2, -0.15) is 0 Å². The van der Waals surface area contributed by atoms with E-state index in [0.717, 1.165) is 12.8 Å². The quantitative estimate of drug-likeness (QED) is 0.823. The van der Waals surface area contributed by atoms with Crippen LogP contribution in [0, 0.1) is 0 Å². The van der Waals surface area contributed by atoms with Crippen molar-refractivity contribution in [1.82, 2.24) is 4.98 Å². The molecule has 0 radical (unpaired) electrons. The first-order valence-electron chi connectivity index (χ1n) is 4.29. The summed E-state index contributed by atoms with van der Waals surface area (Å²) in [4.78, 5) is 14.6. The van der Waals surface area contributed by atoms with E-state index in [2.05, 4.69) is 4.98 Å². The van der Waals surface area contributed by atoms with Gasteiger partial charge in [-0.3, -0.25) is 4.79 Å². The highest BCUT2D eigenvalue weighted by Crippen LogP contribution is 2.28. The molecule has 1 fully saturated rings. The number of hydrogen-bond acceptors (Lipinski definition) is 3. The SMILES string of the molecule is NC(=O)c1ncc(OC2CC2)cc1Cl. The molecule has 0 bridgehead atoms. The first-order valence-corrected chi connectivity index (χ1v) is 4.66. The van der Waals surface area contributed by atoms with E-state index in [4.69, 9.17) is 22.1 Å². The van der Waals surface area contributed by atoms with Crippen molar-refractivity contribution in [3.05, 3.63) is 23.0 Å². The third kappa shape index (κ3) is 1.96. The lowest BCUT2D eigenvalue weighted by Gasteiger charge is -2.05. The van der Waals surface area contributed by atoms with Gasteiger partial charge in [-0.25, -0.2) is 4.98 Å². The molecule has 1 saturated carbocycles. The lowest BCUT2D eigenvalue weighted by atomic mass is 10.3. The summed E-state index contributed by atoms with van der Waals surface area (Å²) in [6, 6.07) is 1.56. The van der Waals surface area contributed by atoms with Crippen molar-refractivity contribution < 1.29 is 9.53 Å². The molecule has 1 heterocycles. The Hall–Kier alpha value is -1.29. The van der Waals surface area contributed by atoms with Gasteiger partial charge in [0.2, 0.25) is 0 Å². The number of nitrogens with zero attached hydrogens (tertiary/aromatic N) is 1. The van der Waals surface area contributed by atoms with E-state index in [9.17, 15) is 4.79 Å². The molecule has 1 amide bonds. The number of halogens is 1. The highest BCUT2D eigenvalue weighted by Gasteiger charge is 2.24. The molecule has 5 heteroatoms. The third-order valence-electron chi connectivity index (χ3n) is 1.88. The summed E-state index contributed by atoms with van der Waals surface area (Å²) < 4.78 is 5.44. The Labute approximate surface area is 86.0 Å². The summed E-state index contributed by atoms with van der Waals surface area (Å²) in [6.07, 6.45) is 3.88. The molecule has 1 aliphatic carbocycles. The molecule has 0 unspecified atom stereocenters. The van der Waals surface area contributed by atoms with E-state index in [0.29, 0.717) is 5.75 Å². The summed E-state index contributed by atoms with van der Waals surface area (Å²) in [5.41, 5.74) is 5.13. The Bertz CT molecular complexity index is 377. The fourth-order valence-electron chi connectivity index (χ4n) is 1.04. The van der Waals surface area contributed by atoms with Crippen molar-refractivity contribution in [3.63, 3.8) is 0 Å². The summed E-state index contributed by atoms with van der Waals surface area (Å²) >= 11 is 5.78. The molecule has 1 aliphatic rings. The smallest absolute Gasteiger partial charge is 0.268 e. The van der Waals surface area contributed by atoms with Gasteiger partial charge in [0, 0.05) is 6.07 Å². The average molecular weight is 213 g/mol. The maximum Gasteiger partial charge on any atom is 0.268 e. The lowest BCUT2D eigenvalue weighted by Crippen LogP contribution is -2.13. The maximum atomic E-state index is 10.8. The Morgan fingerprint density at radius 1 is 1.64 bits per heavy atom. The first kappa shape index (κ1) is 9.27. The van der Waals surface area contributed by atoms with Crippen LogP contribution in [0.1, 0.15) is 23.3 Å². The second-order valence-electron chi connectivity index (χ2n) is 3.18. The van der Waals surface area contributed by atoms with Gasteiger partial charge in [0.05, 0.1) is 17.3 Å². The van der Waals surface area contributed by atoms with Gasteiger partial charge in [0.1, 0.15) is 11.4 Å². The van der Waals surface area contributed by atoms with E-state index >= 15 is 0 Å². The van der Waals surface area contributed by atoms with Crippen LogP contribution in [0.3, 0.4) is 0 Å². The molecule has 14 heavy (non-hydrogen) atoms. The van der Waals surface area contributed by atoms with Gasteiger partial charge in [0.15, 0.2) is 0 Å². The molecule has 0 atom stereocenters. The number of carbonyl (C=O) groups excluding carboxylic acids is 1. The highest BCUT2D eigenvalue weighted by atomic mass is 35.5. The molecule has 0 saturated heterocycles. The predicted octanol–water partition coefficient (Wildman–Crippen LogP) is 1.38. The topological polar surface area (TPSA) is 65.2 Å². The number of nitrogens with two attached hydrogens (primary N) is 1. The molecule has 74 valence electrons. The van der Waals surface area contributed by atoms with Crippen molar-refractivity contribution in [3.8, 4) is 5.75 Å². The Morgan fingerprint density at radius 3 is 2.86 bits per heavy atom. The Balaban J connectivity index is 2.20. The zero-order chi connectivity index (χ0) is 10.1. The van der Waals surface area contributed by atoms with Crippen molar-refractivity contribution in [2.45, 2.75) is 18.9 Å².